The van der Waals surface area contributed by atoms with Crippen molar-refractivity contribution in [1.29, 1.82) is 0 Å². The van der Waals surface area contributed by atoms with Crippen LogP contribution >= 0.6 is 11.3 Å². The van der Waals surface area contributed by atoms with Gasteiger partial charge >= 0.3 is 5.97 Å². The van der Waals surface area contributed by atoms with E-state index in [0.717, 1.165) is 10.1 Å². The molecule has 0 aliphatic carbocycles. The lowest BCUT2D eigenvalue weighted by Gasteiger charge is -2.04. The van der Waals surface area contributed by atoms with Gasteiger partial charge in [-0.1, -0.05) is 0 Å². The van der Waals surface area contributed by atoms with Gasteiger partial charge in [0.1, 0.15) is 11.5 Å². The number of esters is 1. The van der Waals surface area contributed by atoms with Crippen molar-refractivity contribution in [2.75, 3.05) is 39.3 Å². The van der Waals surface area contributed by atoms with Crippen LogP contribution in [0.2, 0.25) is 0 Å². The van der Waals surface area contributed by atoms with Gasteiger partial charge in [-0.25, -0.2) is 4.79 Å². The molecule has 0 bridgehead atoms. The molecule has 0 aliphatic rings. The molecular formula is C14H17NO4S. The third-order valence-corrected chi connectivity index (χ3v) is 3.73. The summed E-state index contributed by atoms with van der Waals surface area (Å²) >= 11 is 1.40. The fourth-order valence-corrected chi connectivity index (χ4v) is 2.61. The predicted octanol–water partition coefficient (Wildman–Crippen LogP) is 2.30. The van der Waals surface area contributed by atoms with E-state index in [2.05, 4.69) is 0 Å². The Morgan fingerprint density at radius 3 is 2.80 bits per heavy atom. The molecule has 20 heavy (non-hydrogen) atoms. The third kappa shape index (κ3) is 3.93. The van der Waals surface area contributed by atoms with Crippen LogP contribution in [0.5, 0.6) is 0 Å². The molecule has 6 heteroatoms. The van der Waals surface area contributed by atoms with Gasteiger partial charge in [0.2, 0.25) is 0 Å². The van der Waals surface area contributed by atoms with Crippen molar-refractivity contribution in [3.63, 3.8) is 0 Å². The van der Waals surface area contributed by atoms with Crippen LogP contribution in [0.25, 0.3) is 10.1 Å². The first kappa shape index (κ1) is 14.8. The average molecular weight is 295 g/mol. The van der Waals surface area contributed by atoms with Gasteiger partial charge in [0.05, 0.1) is 19.8 Å². The highest BCUT2D eigenvalue weighted by Gasteiger charge is 2.11. The van der Waals surface area contributed by atoms with Crippen LogP contribution in [0.1, 0.15) is 9.67 Å². The Balaban J connectivity index is 1.85. The molecule has 2 rings (SSSR count). The molecule has 0 saturated heterocycles. The second-order valence-electron chi connectivity index (χ2n) is 4.15. The number of carbonyl (C=O) groups excluding carboxylic acids is 1. The minimum absolute atomic E-state index is 0.235. The SMILES string of the molecule is COCCOCCOC(=O)c1cc2cc(N)ccc2s1. The zero-order valence-corrected chi connectivity index (χ0v) is 12.1. The number of rotatable bonds is 7. The maximum Gasteiger partial charge on any atom is 0.348 e. The molecule has 0 spiro atoms. The lowest BCUT2D eigenvalue weighted by molar-refractivity contribution is 0.0217. The molecule has 0 saturated carbocycles. The molecular weight excluding hydrogens is 278 g/mol. The summed E-state index contributed by atoms with van der Waals surface area (Å²) in [6.07, 6.45) is 0. The Morgan fingerprint density at radius 1 is 1.20 bits per heavy atom. The van der Waals surface area contributed by atoms with Gasteiger partial charge < -0.3 is 19.9 Å². The standard InChI is InChI=1S/C14H17NO4S/c1-17-4-5-18-6-7-19-14(16)13-9-10-8-11(15)2-3-12(10)20-13/h2-3,8-9H,4-7,15H2,1H3. The molecule has 0 fully saturated rings. The van der Waals surface area contributed by atoms with Gasteiger partial charge in [0, 0.05) is 17.5 Å². The summed E-state index contributed by atoms with van der Waals surface area (Å²) in [5, 5.41) is 0.957. The molecule has 0 radical (unpaired) electrons. The highest BCUT2D eigenvalue weighted by molar-refractivity contribution is 7.20. The maximum atomic E-state index is 11.9. The van der Waals surface area contributed by atoms with Gasteiger partial charge in [-0.15, -0.1) is 11.3 Å². The molecule has 0 atom stereocenters. The van der Waals surface area contributed by atoms with Gasteiger partial charge in [-0.2, -0.15) is 0 Å². The summed E-state index contributed by atoms with van der Waals surface area (Å²) in [6, 6.07) is 7.36. The van der Waals surface area contributed by atoms with Gasteiger partial charge in [0.15, 0.2) is 0 Å². The van der Waals surface area contributed by atoms with Gasteiger partial charge in [-0.3, -0.25) is 0 Å². The first-order valence-corrected chi connectivity index (χ1v) is 7.05. The largest absolute Gasteiger partial charge is 0.459 e. The zero-order valence-electron chi connectivity index (χ0n) is 11.3. The minimum Gasteiger partial charge on any atom is -0.459 e. The normalized spacial score (nSPS) is 10.8. The van der Waals surface area contributed by atoms with E-state index >= 15 is 0 Å². The molecule has 0 unspecified atom stereocenters. The van der Waals surface area contributed by atoms with E-state index in [-0.39, 0.29) is 12.6 Å². The molecule has 0 aliphatic heterocycles. The lowest BCUT2D eigenvalue weighted by atomic mass is 10.2. The zero-order chi connectivity index (χ0) is 14.4. The Hall–Kier alpha value is -1.63. The van der Waals surface area contributed by atoms with Crippen molar-refractivity contribution in [2.45, 2.75) is 0 Å². The molecule has 2 aromatic rings. The van der Waals surface area contributed by atoms with Gasteiger partial charge in [0.25, 0.3) is 0 Å². The molecule has 1 aromatic carbocycles. The summed E-state index contributed by atoms with van der Waals surface area (Å²) in [5.74, 6) is -0.333. The first-order chi connectivity index (χ1) is 9.70. The number of hydrogen-bond donors (Lipinski definition) is 1. The molecule has 1 heterocycles. The van der Waals surface area contributed by atoms with E-state index in [1.807, 2.05) is 18.2 Å². The van der Waals surface area contributed by atoms with Crippen LogP contribution in [0.15, 0.2) is 24.3 Å². The monoisotopic (exact) mass is 295 g/mol. The number of fused-ring (bicyclic) bond motifs is 1. The van der Waals surface area contributed by atoms with Crippen LogP contribution in [0.4, 0.5) is 5.69 Å². The molecule has 1 aromatic heterocycles. The summed E-state index contributed by atoms with van der Waals surface area (Å²) in [4.78, 5) is 12.4. The van der Waals surface area contributed by atoms with E-state index in [9.17, 15) is 4.79 Å². The molecule has 2 N–H and O–H groups in total. The lowest BCUT2D eigenvalue weighted by Crippen LogP contribution is -2.11. The number of methoxy groups -OCH3 is 1. The smallest absolute Gasteiger partial charge is 0.348 e. The summed E-state index contributed by atoms with van der Waals surface area (Å²) in [6.45, 7) is 1.63. The quantitative estimate of drug-likeness (QED) is 0.482. The fourth-order valence-electron chi connectivity index (χ4n) is 1.67. The van der Waals surface area contributed by atoms with Crippen molar-refractivity contribution < 1.29 is 19.0 Å². The van der Waals surface area contributed by atoms with Crippen molar-refractivity contribution in [3.05, 3.63) is 29.1 Å². The van der Waals surface area contributed by atoms with Crippen LogP contribution in [-0.2, 0) is 14.2 Å². The van der Waals surface area contributed by atoms with Crippen molar-refractivity contribution in [2.24, 2.45) is 0 Å². The second kappa shape index (κ2) is 7.23. The van der Waals surface area contributed by atoms with Crippen LogP contribution in [0.3, 0.4) is 0 Å². The Labute approximate surface area is 121 Å². The van der Waals surface area contributed by atoms with Crippen LogP contribution < -0.4 is 5.73 Å². The van der Waals surface area contributed by atoms with Crippen molar-refractivity contribution in [3.8, 4) is 0 Å². The number of thiophene rings is 1. The van der Waals surface area contributed by atoms with E-state index in [1.54, 1.807) is 13.2 Å². The Kier molecular flexibility index (Phi) is 5.34. The average Bonchev–Trinajstić information content (AvgIpc) is 2.85. The Bertz CT molecular complexity index is 582. The number of nitrogen functional groups attached to an aromatic ring is 1. The Morgan fingerprint density at radius 2 is 2.00 bits per heavy atom. The maximum absolute atomic E-state index is 11.9. The van der Waals surface area contributed by atoms with E-state index in [1.165, 1.54) is 11.3 Å². The van der Waals surface area contributed by atoms with E-state index in [4.69, 9.17) is 19.9 Å². The van der Waals surface area contributed by atoms with E-state index < -0.39 is 0 Å². The summed E-state index contributed by atoms with van der Waals surface area (Å²) in [5.41, 5.74) is 6.39. The molecule has 108 valence electrons. The predicted molar refractivity (Wildman–Crippen MR) is 79.2 cm³/mol. The highest BCUT2D eigenvalue weighted by Crippen LogP contribution is 2.27. The number of ether oxygens (including phenoxy) is 3. The fraction of sp³-hybridized carbons (Fsp3) is 0.357. The topological polar surface area (TPSA) is 70.8 Å². The number of anilines is 1. The second-order valence-corrected chi connectivity index (χ2v) is 5.23. The third-order valence-electron chi connectivity index (χ3n) is 2.63. The number of benzene rings is 1. The van der Waals surface area contributed by atoms with Crippen LogP contribution in [-0.4, -0.2) is 39.5 Å². The number of carbonyl (C=O) groups is 1. The van der Waals surface area contributed by atoms with Crippen LogP contribution in [0, 0.1) is 0 Å². The highest BCUT2D eigenvalue weighted by atomic mass is 32.1. The van der Waals surface area contributed by atoms with Gasteiger partial charge in [-0.05, 0) is 29.7 Å². The van der Waals surface area contributed by atoms with E-state index in [0.29, 0.717) is 30.4 Å². The van der Waals surface area contributed by atoms with Crippen molar-refractivity contribution in [1.82, 2.24) is 0 Å². The molecule has 0 amide bonds. The summed E-state index contributed by atoms with van der Waals surface area (Å²) < 4.78 is 16.2. The minimum atomic E-state index is -0.333. The first-order valence-electron chi connectivity index (χ1n) is 6.23. The number of nitrogens with two attached hydrogens (primary N) is 1. The number of hydrogen-bond acceptors (Lipinski definition) is 6. The molecule has 5 nitrogen and oxygen atoms in total. The van der Waals surface area contributed by atoms with Crippen molar-refractivity contribution >= 4 is 33.1 Å². The summed E-state index contributed by atoms with van der Waals surface area (Å²) in [7, 11) is 1.61.